The average molecular weight is 463 g/mol. The van der Waals surface area contributed by atoms with Crippen LogP contribution in [0.5, 0.6) is 17.4 Å². The number of piperidine rings is 1. The van der Waals surface area contributed by atoms with E-state index < -0.39 is 12.8 Å². The molecule has 2 N–H and O–H groups in total. The van der Waals surface area contributed by atoms with E-state index in [0.717, 1.165) is 0 Å². The number of aromatic nitrogens is 3. The molecular formula is C21H20F3N5O4. The molecule has 3 aromatic rings. The van der Waals surface area contributed by atoms with Gasteiger partial charge in [-0.05, 0) is 37.6 Å². The second-order valence-electron chi connectivity index (χ2n) is 7.46. The molecule has 1 fully saturated rings. The molecule has 0 radical (unpaired) electrons. The molecule has 1 aliphatic heterocycles. The standard InChI is InChI=1S/C21H20F3N5O4/c1-12-18(19(31)27-13-4-7-17(30)26-9-13)28-16-6-5-14(10-29(12)16)33-20-15(3-2-8-25-20)32-11-21(22,23)24/h2-3,5-6,8,10,13H,4,7,9,11H2,1H3,(H,26,30)(H,27,31)/t13-/m0/s1. The molecular weight excluding hydrogens is 443 g/mol. The first-order valence-corrected chi connectivity index (χ1v) is 10.1. The lowest BCUT2D eigenvalue weighted by Crippen LogP contribution is -2.47. The van der Waals surface area contributed by atoms with E-state index in [2.05, 4.69) is 20.6 Å². The molecule has 174 valence electrons. The zero-order valence-electron chi connectivity index (χ0n) is 17.5. The van der Waals surface area contributed by atoms with Gasteiger partial charge in [-0.25, -0.2) is 9.97 Å². The maximum atomic E-state index is 12.7. The number of pyridine rings is 2. The Labute approximate surface area is 185 Å². The first-order chi connectivity index (χ1) is 15.7. The van der Waals surface area contributed by atoms with Crippen molar-refractivity contribution in [2.45, 2.75) is 32.0 Å². The van der Waals surface area contributed by atoms with Gasteiger partial charge >= 0.3 is 6.18 Å². The predicted molar refractivity (Wildman–Crippen MR) is 109 cm³/mol. The Bertz CT molecular complexity index is 1180. The fraction of sp³-hybridized carbons (Fsp3) is 0.333. The van der Waals surface area contributed by atoms with Crippen LogP contribution in [0.15, 0.2) is 36.7 Å². The molecule has 12 heteroatoms. The number of imidazole rings is 1. The largest absolute Gasteiger partial charge is 0.478 e. The van der Waals surface area contributed by atoms with Crippen molar-refractivity contribution in [2.24, 2.45) is 0 Å². The number of nitrogens with zero attached hydrogens (tertiary/aromatic N) is 3. The Morgan fingerprint density at radius 2 is 2.15 bits per heavy atom. The minimum absolute atomic E-state index is 0.0446. The summed E-state index contributed by atoms with van der Waals surface area (Å²) in [5.41, 5.74) is 1.25. The second kappa shape index (κ2) is 8.96. The number of nitrogens with one attached hydrogen (secondary N) is 2. The third-order valence-corrected chi connectivity index (χ3v) is 4.99. The van der Waals surface area contributed by atoms with Crippen molar-refractivity contribution < 1.29 is 32.2 Å². The Morgan fingerprint density at radius 1 is 1.33 bits per heavy atom. The molecule has 0 bridgehead atoms. The maximum absolute atomic E-state index is 12.7. The molecule has 0 aromatic carbocycles. The van der Waals surface area contributed by atoms with E-state index in [0.29, 0.717) is 30.7 Å². The number of aryl methyl sites for hydroxylation is 1. The summed E-state index contributed by atoms with van der Waals surface area (Å²) in [6.07, 6.45) is -0.687. The Morgan fingerprint density at radius 3 is 2.88 bits per heavy atom. The van der Waals surface area contributed by atoms with Gasteiger partial charge in [-0.1, -0.05) is 0 Å². The van der Waals surface area contributed by atoms with Crippen molar-refractivity contribution in [2.75, 3.05) is 13.2 Å². The van der Waals surface area contributed by atoms with Gasteiger partial charge in [0.2, 0.25) is 5.91 Å². The molecule has 2 amide bonds. The molecule has 3 aromatic heterocycles. The van der Waals surface area contributed by atoms with Crippen molar-refractivity contribution in [3.63, 3.8) is 0 Å². The summed E-state index contributed by atoms with van der Waals surface area (Å²) >= 11 is 0. The lowest BCUT2D eigenvalue weighted by molar-refractivity contribution is -0.153. The third kappa shape index (κ3) is 5.33. The summed E-state index contributed by atoms with van der Waals surface area (Å²) in [6.45, 7) is 0.593. The summed E-state index contributed by atoms with van der Waals surface area (Å²) in [6, 6.07) is 5.74. The minimum atomic E-state index is -4.50. The van der Waals surface area contributed by atoms with Crippen LogP contribution in [0, 0.1) is 6.92 Å². The van der Waals surface area contributed by atoms with E-state index in [1.807, 2.05) is 0 Å². The number of halogens is 3. The summed E-state index contributed by atoms with van der Waals surface area (Å²) in [7, 11) is 0. The quantitative estimate of drug-likeness (QED) is 0.582. The van der Waals surface area contributed by atoms with Crippen LogP contribution in [-0.4, -0.2) is 51.6 Å². The smallest absolute Gasteiger partial charge is 0.422 e. The van der Waals surface area contributed by atoms with Crippen LogP contribution in [0.3, 0.4) is 0 Å². The number of ether oxygens (including phenoxy) is 2. The third-order valence-electron chi connectivity index (χ3n) is 4.99. The molecule has 0 aliphatic carbocycles. The Balaban J connectivity index is 1.52. The van der Waals surface area contributed by atoms with Gasteiger partial charge in [-0.15, -0.1) is 0 Å². The van der Waals surface area contributed by atoms with Crippen LogP contribution in [-0.2, 0) is 4.79 Å². The fourth-order valence-electron chi connectivity index (χ4n) is 3.36. The summed E-state index contributed by atoms with van der Waals surface area (Å²) in [5.74, 6) is -0.433. The number of hydrogen-bond acceptors (Lipinski definition) is 6. The van der Waals surface area contributed by atoms with Crippen LogP contribution in [0.25, 0.3) is 5.65 Å². The summed E-state index contributed by atoms with van der Waals surface area (Å²) < 4.78 is 49.6. The first kappa shape index (κ1) is 22.4. The van der Waals surface area contributed by atoms with Gasteiger partial charge in [0.1, 0.15) is 17.1 Å². The van der Waals surface area contributed by atoms with Gasteiger partial charge < -0.3 is 20.1 Å². The summed E-state index contributed by atoms with van der Waals surface area (Å²) in [4.78, 5) is 32.3. The minimum Gasteiger partial charge on any atom is -0.478 e. The average Bonchev–Trinajstić information content (AvgIpc) is 3.10. The number of carbonyl (C=O) groups is 2. The summed E-state index contributed by atoms with van der Waals surface area (Å²) in [5, 5.41) is 5.57. The first-order valence-electron chi connectivity index (χ1n) is 10.1. The van der Waals surface area contributed by atoms with Crippen molar-refractivity contribution in [3.8, 4) is 17.4 Å². The molecule has 9 nitrogen and oxygen atoms in total. The van der Waals surface area contributed by atoms with Gasteiger partial charge in [0.25, 0.3) is 11.8 Å². The number of carbonyl (C=O) groups excluding carboxylic acids is 2. The molecule has 1 saturated heterocycles. The molecule has 1 aliphatic rings. The van der Waals surface area contributed by atoms with Gasteiger partial charge in [-0.2, -0.15) is 13.2 Å². The normalized spacial score (nSPS) is 16.4. The second-order valence-corrected chi connectivity index (χ2v) is 7.46. The molecule has 0 spiro atoms. The Kier molecular flexibility index (Phi) is 6.07. The number of hydrogen-bond donors (Lipinski definition) is 2. The number of amides is 2. The SMILES string of the molecule is Cc1c(C(=O)N[C@H]2CCC(=O)NC2)nc2ccc(Oc3ncccc3OCC(F)(F)F)cn12. The van der Waals surface area contributed by atoms with E-state index in [-0.39, 0.29) is 40.9 Å². The molecule has 33 heavy (non-hydrogen) atoms. The predicted octanol–water partition coefficient (Wildman–Crippen LogP) is 2.78. The Hall–Kier alpha value is -3.83. The van der Waals surface area contributed by atoms with Gasteiger partial charge in [0.05, 0.1) is 11.9 Å². The number of alkyl halides is 3. The van der Waals surface area contributed by atoms with E-state index in [9.17, 15) is 22.8 Å². The van der Waals surface area contributed by atoms with E-state index in [1.165, 1.54) is 18.3 Å². The van der Waals surface area contributed by atoms with Gasteiger partial charge in [-0.3, -0.25) is 14.0 Å². The maximum Gasteiger partial charge on any atom is 0.422 e. The zero-order valence-corrected chi connectivity index (χ0v) is 17.5. The monoisotopic (exact) mass is 463 g/mol. The van der Waals surface area contributed by atoms with Crippen LogP contribution in [0.4, 0.5) is 13.2 Å². The van der Waals surface area contributed by atoms with Crippen LogP contribution in [0.2, 0.25) is 0 Å². The lowest BCUT2D eigenvalue weighted by atomic mass is 10.1. The molecule has 4 rings (SSSR count). The van der Waals surface area contributed by atoms with Crippen LogP contribution >= 0.6 is 0 Å². The lowest BCUT2D eigenvalue weighted by Gasteiger charge is -2.23. The highest BCUT2D eigenvalue weighted by Gasteiger charge is 2.29. The number of fused-ring (bicyclic) bond motifs is 1. The van der Waals surface area contributed by atoms with E-state index in [4.69, 9.17) is 9.47 Å². The highest BCUT2D eigenvalue weighted by Crippen LogP contribution is 2.30. The molecule has 4 heterocycles. The van der Waals surface area contributed by atoms with E-state index in [1.54, 1.807) is 29.7 Å². The molecule has 1 atom stereocenters. The molecule has 0 unspecified atom stereocenters. The van der Waals surface area contributed by atoms with Crippen molar-refractivity contribution in [1.82, 2.24) is 25.0 Å². The topological polar surface area (TPSA) is 107 Å². The van der Waals surface area contributed by atoms with Crippen molar-refractivity contribution in [1.29, 1.82) is 0 Å². The van der Waals surface area contributed by atoms with E-state index >= 15 is 0 Å². The van der Waals surface area contributed by atoms with Crippen LogP contribution < -0.4 is 20.1 Å². The molecule has 0 saturated carbocycles. The zero-order chi connectivity index (χ0) is 23.6. The highest BCUT2D eigenvalue weighted by atomic mass is 19.4. The van der Waals surface area contributed by atoms with Gasteiger partial charge in [0.15, 0.2) is 12.4 Å². The van der Waals surface area contributed by atoms with Crippen LogP contribution in [0.1, 0.15) is 29.0 Å². The fourth-order valence-corrected chi connectivity index (χ4v) is 3.36. The van der Waals surface area contributed by atoms with Crippen molar-refractivity contribution in [3.05, 3.63) is 48.0 Å². The van der Waals surface area contributed by atoms with Crippen molar-refractivity contribution >= 4 is 17.5 Å². The van der Waals surface area contributed by atoms with Gasteiger partial charge in [0, 0.05) is 25.2 Å². The number of rotatable bonds is 6. The highest BCUT2D eigenvalue weighted by molar-refractivity contribution is 5.94.